The van der Waals surface area contributed by atoms with E-state index >= 15 is 0 Å². The predicted molar refractivity (Wildman–Crippen MR) is 136 cm³/mol. The topological polar surface area (TPSA) is 67.2 Å². The van der Waals surface area contributed by atoms with Crippen molar-refractivity contribution < 1.29 is 17.9 Å². The van der Waals surface area contributed by atoms with Gasteiger partial charge in [-0.2, -0.15) is 18.2 Å². The van der Waals surface area contributed by atoms with Gasteiger partial charge in [-0.15, -0.1) is 5.10 Å². The van der Waals surface area contributed by atoms with Gasteiger partial charge in [-0.05, 0) is 80.2 Å². The molecule has 0 bridgehead atoms. The molecule has 1 saturated heterocycles. The number of hydrogen-bond donors (Lipinski definition) is 2. The third-order valence-electron chi connectivity index (χ3n) is 5.81. The van der Waals surface area contributed by atoms with Gasteiger partial charge < -0.3 is 10.1 Å². The standard InChI is InChI=1S/C25H31F3N6OS/c1-33-24(30-23(31-33)32-36-22-11-6-9-20(17-22)25(26,27)28)29-12-7-15-35-21-10-5-8-19(16-21)18-34-13-3-2-4-14-34/h5-6,8-11,16-17H,2-4,7,12-15,18H2,1H3,(H2,29,30,31,32). The van der Waals surface area contributed by atoms with Crippen LogP contribution in [0.15, 0.2) is 53.4 Å². The van der Waals surface area contributed by atoms with Crippen LogP contribution < -0.4 is 14.8 Å². The number of halogens is 3. The van der Waals surface area contributed by atoms with Crippen LogP contribution in [0.4, 0.5) is 25.1 Å². The Labute approximate surface area is 213 Å². The van der Waals surface area contributed by atoms with Gasteiger partial charge in [-0.3, -0.25) is 9.62 Å². The van der Waals surface area contributed by atoms with E-state index in [4.69, 9.17) is 4.74 Å². The zero-order valence-corrected chi connectivity index (χ0v) is 21.0. The number of nitrogens with one attached hydrogen (secondary N) is 2. The predicted octanol–water partition coefficient (Wildman–Crippen LogP) is 5.82. The van der Waals surface area contributed by atoms with Crippen molar-refractivity contribution in [3.8, 4) is 5.75 Å². The molecule has 2 heterocycles. The lowest BCUT2D eigenvalue weighted by Gasteiger charge is -2.26. The fraction of sp³-hybridized carbons (Fsp3) is 0.440. The molecule has 7 nitrogen and oxygen atoms in total. The maximum absolute atomic E-state index is 12.9. The number of anilines is 2. The van der Waals surface area contributed by atoms with Crippen LogP contribution in [0.3, 0.4) is 0 Å². The quantitative estimate of drug-likeness (QED) is 0.244. The summed E-state index contributed by atoms with van der Waals surface area (Å²) in [5.74, 6) is 1.75. The van der Waals surface area contributed by atoms with E-state index in [1.165, 1.54) is 44.0 Å². The summed E-state index contributed by atoms with van der Waals surface area (Å²) in [5.41, 5.74) is 0.580. The van der Waals surface area contributed by atoms with Gasteiger partial charge in [0, 0.05) is 25.0 Å². The molecule has 0 unspecified atom stereocenters. The van der Waals surface area contributed by atoms with Crippen molar-refractivity contribution in [2.75, 3.05) is 36.3 Å². The molecule has 1 aliphatic heterocycles. The minimum Gasteiger partial charge on any atom is -0.494 e. The van der Waals surface area contributed by atoms with Crippen LogP contribution in [-0.2, 0) is 19.8 Å². The van der Waals surface area contributed by atoms with Crippen molar-refractivity contribution in [2.45, 2.75) is 43.3 Å². The minimum absolute atomic E-state index is 0.309. The van der Waals surface area contributed by atoms with Crippen LogP contribution in [0.25, 0.3) is 0 Å². The van der Waals surface area contributed by atoms with Crippen molar-refractivity contribution in [3.63, 3.8) is 0 Å². The molecule has 0 saturated carbocycles. The lowest BCUT2D eigenvalue weighted by atomic mass is 10.1. The maximum Gasteiger partial charge on any atom is 0.416 e. The molecule has 11 heteroatoms. The highest BCUT2D eigenvalue weighted by molar-refractivity contribution is 8.00. The SMILES string of the molecule is Cn1nc(NSc2cccc(C(F)(F)F)c2)nc1NCCCOc1cccc(CN2CCCCC2)c1. The minimum atomic E-state index is -4.38. The number of aryl methyl sites for hydroxylation is 1. The molecule has 2 aromatic carbocycles. The Bertz CT molecular complexity index is 1120. The number of aromatic nitrogens is 3. The highest BCUT2D eigenvalue weighted by atomic mass is 32.2. The molecule has 0 amide bonds. The fourth-order valence-corrected chi connectivity index (χ4v) is 4.62. The van der Waals surface area contributed by atoms with Gasteiger partial charge in [-0.1, -0.05) is 24.6 Å². The third kappa shape index (κ3) is 7.79. The number of hydrogen-bond acceptors (Lipinski definition) is 7. The van der Waals surface area contributed by atoms with Crippen molar-refractivity contribution in [2.24, 2.45) is 7.05 Å². The number of benzene rings is 2. The van der Waals surface area contributed by atoms with Crippen LogP contribution in [0, 0.1) is 0 Å². The molecular formula is C25H31F3N6OS. The molecule has 0 aliphatic carbocycles. The van der Waals surface area contributed by atoms with E-state index < -0.39 is 11.7 Å². The number of alkyl halides is 3. The van der Waals surface area contributed by atoms with E-state index in [1.807, 2.05) is 12.1 Å². The van der Waals surface area contributed by atoms with E-state index in [1.54, 1.807) is 17.8 Å². The Morgan fingerprint density at radius 1 is 1.06 bits per heavy atom. The van der Waals surface area contributed by atoms with Gasteiger partial charge in [-0.25, -0.2) is 4.68 Å². The number of ether oxygens (including phenoxy) is 1. The van der Waals surface area contributed by atoms with Gasteiger partial charge >= 0.3 is 6.18 Å². The Morgan fingerprint density at radius 3 is 2.67 bits per heavy atom. The normalized spacial score (nSPS) is 14.6. The number of piperidine rings is 1. The molecule has 0 spiro atoms. The first kappa shape index (κ1) is 26.2. The molecule has 36 heavy (non-hydrogen) atoms. The number of rotatable bonds is 11. The third-order valence-corrected chi connectivity index (χ3v) is 6.59. The second-order valence-electron chi connectivity index (χ2n) is 8.73. The van der Waals surface area contributed by atoms with Gasteiger partial charge in [0.25, 0.3) is 5.95 Å². The summed E-state index contributed by atoms with van der Waals surface area (Å²) in [6, 6.07) is 13.4. The molecule has 1 fully saturated rings. The number of nitrogens with zero attached hydrogens (tertiary/aromatic N) is 4. The largest absolute Gasteiger partial charge is 0.494 e. The molecule has 3 aromatic rings. The first-order chi connectivity index (χ1) is 17.4. The van der Waals surface area contributed by atoms with Crippen LogP contribution in [-0.4, -0.2) is 45.9 Å². The summed E-state index contributed by atoms with van der Waals surface area (Å²) in [7, 11) is 1.75. The van der Waals surface area contributed by atoms with E-state index in [9.17, 15) is 13.2 Å². The molecule has 0 atom stereocenters. The van der Waals surface area contributed by atoms with Crippen molar-refractivity contribution >= 4 is 23.8 Å². The molecule has 1 aromatic heterocycles. The van der Waals surface area contributed by atoms with Gasteiger partial charge in [0.15, 0.2) is 0 Å². The summed E-state index contributed by atoms with van der Waals surface area (Å²) in [6.45, 7) is 4.50. The highest BCUT2D eigenvalue weighted by Gasteiger charge is 2.30. The summed E-state index contributed by atoms with van der Waals surface area (Å²) >= 11 is 1.03. The zero-order valence-electron chi connectivity index (χ0n) is 20.2. The van der Waals surface area contributed by atoms with Crippen LogP contribution in [0.1, 0.15) is 36.8 Å². The average Bonchev–Trinajstić information content (AvgIpc) is 3.22. The number of likely N-dealkylation sites (tertiary alicyclic amines) is 1. The second-order valence-corrected chi connectivity index (χ2v) is 9.60. The molecule has 194 valence electrons. The van der Waals surface area contributed by atoms with E-state index in [0.717, 1.165) is 42.8 Å². The smallest absolute Gasteiger partial charge is 0.416 e. The molecule has 2 N–H and O–H groups in total. The Balaban J connectivity index is 1.18. The summed E-state index contributed by atoms with van der Waals surface area (Å²) in [6.07, 6.45) is 0.280. The van der Waals surface area contributed by atoms with E-state index in [0.29, 0.717) is 29.9 Å². The van der Waals surface area contributed by atoms with Crippen molar-refractivity contribution in [1.29, 1.82) is 0 Å². The zero-order chi connectivity index (χ0) is 25.4. The lowest BCUT2D eigenvalue weighted by Crippen LogP contribution is -2.29. The fourth-order valence-electron chi connectivity index (χ4n) is 3.99. The van der Waals surface area contributed by atoms with Crippen LogP contribution >= 0.6 is 11.9 Å². The van der Waals surface area contributed by atoms with E-state index in [2.05, 4.69) is 37.2 Å². The van der Waals surface area contributed by atoms with Crippen molar-refractivity contribution in [1.82, 2.24) is 19.7 Å². The Kier molecular flexibility index (Phi) is 8.98. The average molecular weight is 521 g/mol. The molecule has 1 aliphatic rings. The van der Waals surface area contributed by atoms with E-state index in [-0.39, 0.29) is 0 Å². The Hall–Kier alpha value is -2.92. The van der Waals surface area contributed by atoms with Crippen LogP contribution in [0.2, 0.25) is 0 Å². The Morgan fingerprint density at radius 2 is 1.86 bits per heavy atom. The highest BCUT2D eigenvalue weighted by Crippen LogP contribution is 2.32. The second kappa shape index (κ2) is 12.4. The summed E-state index contributed by atoms with van der Waals surface area (Å²) < 4.78 is 49.1. The van der Waals surface area contributed by atoms with Crippen molar-refractivity contribution in [3.05, 3.63) is 59.7 Å². The van der Waals surface area contributed by atoms with Gasteiger partial charge in [0.2, 0.25) is 5.95 Å². The monoisotopic (exact) mass is 520 g/mol. The first-order valence-corrected chi connectivity index (χ1v) is 12.9. The maximum atomic E-state index is 12.9. The summed E-state index contributed by atoms with van der Waals surface area (Å²) in [4.78, 5) is 7.28. The van der Waals surface area contributed by atoms with Crippen LogP contribution in [0.5, 0.6) is 5.75 Å². The molecule has 0 radical (unpaired) electrons. The van der Waals surface area contributed by atoms with Gasteiger partial charge in [0.1, 0.15) is 5.75 Å². The first-order valence-electron chi connectivity index (χ1n) is 12.1. The molecular weight excluding hydrogens is 489 g/mol. The summed E-state index contributed by atoms with van der Waals surface area (Å²) in [5, 5.41) is 7.47. The lowest BCUT2D eigenvalue weighted by molar-refractivity contribution is -0.137. The molecule has 4 rings (SSSR count). The van der Waals surface area contributed by atoms with Gasteiger partial charge in [0.05, 0.1) is 12.2 Å².